The lowest BCUT2D eigenvalue weighted by molar-refractivity contribution is 0.425. The number of aromatic hydroxyl groups is 1. The van der Waals surface area contributed by atoms with Gasteiger partial charge in [0.05, 0.1) is 0 Å². The summed E-state index contributed by atoms with van der Waals surface area (Å²) in [6, 6.07) is 6.96. The van der Waals surface area contributed by atoms with Crippen LogP contribution in [-0.2, 0) is 0 Å². The fourth-order valence-electron chi connectivity index (χ4n) is 1.12. The Morgan fingerprint density at radius 2 is 2.00 bits per heavy atom. The first kappa shape index (κ1) is 7.03. The van der Waals surface area contributed by atoms with Gasteiger partial charge in [0.1, 0.15) is 0 Å². The molecule has 0 atom stereocenters. The molecule has 0 unspecified atom stereocenters. The van der Waals surface area contributed by atoms with E-state index in [0.717, 1.165) is 5.39 Å². The van der Waals surface area contributed by atoms with Crippen molar-refractivity contribution in [2.75, 3.05) is 0 Å². The Kier molecular flexibility index (Phi) is 1.43. The van der Waals surface area contributed by atoms with E-state index in [-0.39, 0.29) is 5.75 Å². The second kappa shape index (κ2) is 2.44. The number of hydrogen-bond donors (Lipinski definition) is 1. The Morgan fingerprint density at radius 3 is 2.83 bits per heavy atom. The zero-order valence-electron chi connectivity index (χ0n) is 6.16. The third kappa shape index (κ3) is 0.906. The van der Waals surface area contributed by atoms with Gasteiger partial charge in [0.2, 0.25) is 0 Å². The van der Waals surface area contributed by atoms with E-state index in [4.69, 9.17) is 0 Å². The van der Waals surface area contributed by atoms with Crippen LogP contribution in [0.2, 0.25) is 0 Å². The topological polar surface area (TPSA) is 33.1 Å². The molecule has 1 aromatic carbocycles. The third-order valence-electron chi connectivity index (χ3n) is 1.73. The van der Waals surface area contributed by atoms with E-state index in [2.05, 4.69) is 4.98 Å². The van der Waals surface area contributed by atoms with E-state index >= 15 is 0 Å². The van der Waals surface area contributed by atoms with Gasteiger partial charge in [-0.05, 0) is 0 Å². The Morgan fingerprint density at radius 1 is 1.25 bits per heavy atom. The van der Waals surface area contributed by atoms with Gasteiger partial charge in [-0.3, -0.25) is 0 Å². The molecule has 0 bridgehead atoms. The number of fused-ring (bicyclic) bond motifs is 1. The molecular formula is C9H6FNO. The third-order valence-corrected chi connectivity index (χ3v) is 1.73. The average molecular weight is 163 g/mol. The molecule has 0 aliphatic carbocycles. The number of halogens is 1. The molecule has 0 amide bonds. The first-order valence-electron chi connectivity index (χ1n) is 3.51. The van der Waals surface area contributed by atoms with E-state index < -0.39 is 5.95 Å². The predicted molar refractivity (Wildman–Crippen MR) is 43.4 cm³/mol. The summed E-state index contributed by atoms with van der Waals surface area (Å²) in [5.41, 5.74) is 0. The number of aromatic nitrogens is 1. The van der Waals surface area contributed by atoms with E-state index in [9.17, 15) is 9.50 Å². The van der Waals surface area contributed by atoms with Crippen LogP contribution < -0.4 is 0 Å². The van der Waals surface area contributed by atoms with Crippen molar-refractivity contribution in [2.45, 2.75) is 0 Å². The number of rotatable bonds is 0. The van der Waals surface area contributed by atoms with E-state index in [0.29, 0.717) is 5.39 Å². The van der Waals surface area contributed by atoms with Crippen LogP contribution in [0.5, 0.6) is 5.75 Å². The normalized spacial score (nSPS) is 10.4. The lowest BCUT2D eigenvalue weighted by Crippen LogP contribution is -1.83. The summed E-state index contributed by atoms with van der Waals surface area (Å²) in [5.74, 6) is -1.21. The minimum absolute atomic E-state index is 0.381. The number of benzene rings is 1. The molecule has 0 spiro atoms. The summed E-state index contributed by atoms with van der Waals surface area (Å²) in [4.78, 5) is 3.39. The van der Waals surface area contributed by atoms with Crippen molar-refractivity contribution in [2.24, 2.45) is 0 Å². The maximum atomic E-state index is 12.7. The van der Waals surface area contributed by atoms with Gasteiger partial charge < -0.3 is 5.11 Å². The Labute approximate surface area is 68.3 Å². The Hall–Kier alpha value is -1.64. The molecule has 2 nitrogen and oxygen atoms in total. The molecule has 1 aromatic heterocycles. The van der Waals surface area contributed by atoms with Gasteiger partial charge >= 0.3 is 0 Å². The van der Waals surface area contributed by atoms with Crippen LogP contribution in [0.15, 0.2) is 30.5 Å². The minimum atomic E-state index is -0.825. The molecular weight excluding hydrogens is 157 g/mol. The van der Waals surface area contributed by atoms with Crippen LogP contribution >= 0.6 is 0 Å². The monoisotopic (exact) mass is 163 g/mol. The van der Waals surface area contributed by atoms with Crippen LogP contribution in [-0.4, -0.2) is 10.1 Å². The zero-order valence-corrected chi connectivity index (χ0v) is 6.16. The quantitative estimate of drug-likeness (QED) is 0.603. The summed E-state index contributed by atoms with van der Waals surface area (Å²) in [6.45, 7) is 0. The fraction of sp³-hybridized carbons (Fsp3) is 0. The molecule has 12 heavy (non-hydrogen) atoms. The highest BCUT2D eigenvalue weighted by Gasteiger charge is 2.05. The molecule has 2 aromatic rings. The van der Waals surface area contributed by atoms with Crippen molar-refractivity contribution < 1.29 is 9.50 Å². The maximum Gasteiger partial charge on any atom is 0.255 e. The molecule has 60 valence electrons. The Balaban J connectivity index is 2.91. The van der Waals surface area contributed by atoms with Gasteiger partial charge in [0.25, 0.3) is 5.95 Å². The van der Waals surface area contributed by atoms with Crippen molar-refractivity contribution >= 4 is 10.8 Å². The summed E-state index contributed by atoms with van der Waals surface area (Å²) in [6.07, 6.45) is 1.39. The molecule has 0 fully saturated rings. The maximum absolute atomic E-state index is 12.7. The van der Waals surface area contributed by atoms with Gasteiger partial charge in [-0.2, -0.15) is 4.39 Å². The zero-order chi connectivity index (χ0) is 8.55. The van der Waals surface area contributed by atoms with Gasteiger partial charge in [0.15, 0.2) is 5.75 Å². The van der Waals surface area contributed by atoms with Crippen molar-refractivity contribution in [3.63, 3.8) is 0 Å². The summed E-state index contributed by atoms with van der Waals surface area (Å²) in [5, 5.41) is 10.4. The highest BCUT2D eigenvalue weighted by atomic mass is 19.1. The molecule has 1 N–H and O–H groups in total. The molecule has 0 saturated heterocycles. The van der Waals surface area contributed by atoms with Crippen LogP contribution in [0, 0.1) is 5.95 Å². The largest absolute Gasteiger partial charge is 0.503 e. The minimum Gasteiger partial charge on any atom is -0.503 e. The highest BCUT2D eigenvalue weighted by Crippen LogP contribution is 2.24. The van der Waals surface area contributed by atoms with E-state index in [1.165, 1.54) is 6.20 Å². The van der Waals surface area contributed by atoms with E-state index in [1.54, 1.807) is 24.3 Å². The molecule has 2 rings (SSSR count). The van der Waals surface area contributed by atoms with Crippen molar-refractivity contribution in [3.8, 4) is 5.75 Å². The summed E-state index contributed by atoms with van der Waals surface area (Å²) < 4.78 is 12.7. The second-order valence-corrected chi connectivity index (χ2v) is 2.48. The van der Waals surface area contributed by atoms with Crippen molar-refractivity contribution in [3.05, 3.63) is 36.4 Å². The first-order valence-corrected chi connectivity index (χ1v) is 3.51. The first-order chi connectivity index (χ1) is 5.79. The highest BCUT2D eigenvalue weighted by molar-refractivity contribution is 5.86. The standard InChI is InChI=1S/C9H6FNO/c10-9-8(12)7-4-2-1-3-6(7)5-11-9/h1-5,12H. The van der Waals surface area contributed by atoms with Crippen molar-refractivity contribution in [1.29, 1.82) is 0 Å². The molecule has 0 saturated carbocycles. The van der Waals surface area contributed by atoms with E-state index in [1.807, 2.05) is 0 Å². The van der Waals surface area contributed by atoms with Gasteiger partial charge in [0, 0.05) is 17.0 Å². The van der Waals surface area contributed by atoms with Gasteiger partial charge in [-0.1, -0.05) is 24.3 Å². The second-order valence-electron chi connectivity index (χ2n) is 2.48. The number of hydrogen-bond acceptors (Lipinski definition) is 2. The lowest BCUT2D eigenvalue weighted by Gasteiger charge is -1.99. The number of pyridine rings is 1. The van der Waals surface area contributed by atoms with Gasteiger partial charge in [-0.15, -0.1) is 0 Å². The Bertz CT molecular complexity index is 428. The lowest BCUT2D eigenvalue weighted by atomic mass is 10.2. The fourth-order valence-corrected chi connectivity index (χ4v) is 1.12. The molecule has 0 aliphatic heterocycles. The summed E-state index contributed by atoms with van der Waals surface area (Å²) >= 11 is 0. The van der Waals surface area contributed by atoms with Gasteiger partial charge in [-0.25, -0.2) is 4.98 Å². The molecule has 0 aliphatic rings. The van der Waals surface area contributed by atoms with Crippen LogP contribution in [0.25, 0.3) is 10.8 Å². The van der Waals surface area contributed by atoms with Crippen molar-refractivity contribution in [1.82, 2.24) is 4.98 Å². The number of nitrogens with zero attached hydrogens (tertiary/aromatic N) is 1. The van der Waals surface area contributed by atoms with Crippen LogP contribution in [0.3, 0.4) is 0 Å². The molecule has 3 heteroatoms. The predicted octanol–water partition coefficient (Wildman–Crippen LogP) is 2.08. The average Bonchev–Trinajstić information content (AvgIpc) is 2.12. The molecule has 0 radical (unpaired) electrons. The van der Waals surface area contributed by atoms with Crippen LogP contribution in [0.1, 0.15) is 0 Å². The SMILES string of the molecule is Oc1c(F)ncc2ccccc12. The molecule has 1 heterocycles. The smallest absolute Gasteiger partial charge is 0.255 e. The van der Waals surface area contributed by atoms with Crippen LogP contribution in [0.4, 0.5) is 4.39 Å². The summed E-state index contributed by atoms with van der Waals surface area (Å²) in [7, 11) is 0.